The van der Waals surface area contributed by atoms with Gasteiger partial charge in [0.2, 0.25) is 5.91 Å². The molecule has 1 heterocycles. The number of hydrogen-bond acceptors (Lipinski definition) is 5. The number of hydrogen-bond donors (Lipinski definition) is 2. The topological polar surface area (TPSA) is 68.0 Å². The molecule has 0 fully saturated rings. The molecule has 1 unspecified atom stereocenters. The lowest BCUT2D eigenvalue weighted by molar-refractivity contribution is -0.119. The van der Waals surface area contributed by atoms with Crippen LogP contribution >= 0.6 is 23.1 Å². The van der Waals surface area contributed by atoms with Gasteiger partial charge in [-0.25, -0.2) is 4.98 Å². The van der Waals surface area contributed by atoms with Gasteiger partial charge in [0, 0.05) is 5.75 Å². The van der Waals surface area contributed by atoms with Crippen LogP contribution in [0.3, 0.4) is 0 Å². The highest BCUT2D eigenvalue weighted by Crippen LogP contribution is 2.29. The fourth-order valence-electron chi connectivity index (χ4n) is 1.56. The summed E-state index contributed by atoms with van der Waals surface area (Å²) in [5, 5.41) is 3.07. The largest absolute Gasteiger partial charge is 0.368 e. The minimum atomic E-state index is -0.314. The second-order valence-electron chi connectivity index (χ2n) is 3.77. The van der Waals surface area contributed by atoms with E-state index in [9.17, 15) is 4.79 Å². The average molecular weight is 281 g/mol. The fourth-order valence-corrected chi connectivity index (χ4v) is 3.72. The summed E-state index contributed by atoms with van der Waals surface area (Å²) in [5.41, 5.74) is 6.33. The third kappa shape index (κ3) is 3.22. The molecule has 0 aliphatic carbocycles. The highest BCUT2D eigenvalue weighted by molar-refractivity contribution is 8.01. The number of fused-ring (bicyclic) bond motifs is 1. The molecule has 1 aromatic heterocycles. The minimum Gasteiger partial charge on any atom is -0.368 e. The number of carbonyl (C=O) groups is 1. The molecule has 96 valence electrons. The summed E-state index contributed by atoms with van der Waals surface area (Å²) in [6, 6.07) is 7.71. The number of thiazole rings is 1. The van der Waals surface area contributed by atoms with Gasteiger partial charge in [-0.05, 0) is 18.7 Å². The number of nitrogens with zero attached hydrogens (tertiary/aromatic N) is 1. The summed E-state index contributed by atoms with van der Waals surface area (Å²) in [6.45, 7) is 2.69. The van der Waals surface area contributed by atoms with Gasteiger partial charge in [0.1, 0.15) is 0 Å². The van der Waals surface area contributed by atoms with Crippen molar-refractivity contribution < 1.29 is 4.79 Å². The Hall–Kier alpha value is -1.11. The van der Waals surface area contributed by atoms with Crippen molar-refractivity contribution in [3.05, 3.63) is 24.3 Å². The number of para-hydroxylation sites is 1. The molecule has 0 saturated carbocycles. The summed E-state index contributed by atoms with van der Waals surface area (Å²) in [4.78, 5) is 15.7. The normalized spacial score (nSPS) is 12.7. The van der Waals surface area contributed by atoms with Crippen LogP contribution in [0, 0.1) is 0 Å². The van der Waals surface area contributed by atoms with Crippen LogP contribution in [0.4, 0.5) is 0 Å². The van der Waals surface area contributed by atoms with Crippen LogP contribution in [0.5, 0.6) is 0 Å². The van der Waals surface area contributed by atoms with Crippen LogP contribution in [0.15, 0.2) is 28.6 Å². The second kappa shape index (κ2) is 6.17. The first-order valence-corrected chi connectivity index (χ1v) is 7.52. The first kappa shape index (κ1) is 13.3. The molecular formula is C12H15N3OS2. The maximum absolute atomic E-state index is 11.2. The molecular weight excluding hydrogens is 266 g/mol. The highest BCUT2D eigenvalue weighted by atomic mass is 32.2. The Bertz CT molecular complexity index is 508. The quantitative estimate of drug-likeness (QED) is 0.793. The van der Waals surface area contributed by atoms with E-state index in [1.54, 1.807) is 23.1 Å². The van der Waals surface area contributed by atoms with E-state index >= 15 is 0 Å². The van der Waals surface area contributed by atoms with Crippen LogP contribution in [-0.2, 0) is 4.79 Å². The van der Waals surface area contributed by atoms with Crippen LogP contribution < -0.4 is 11.1 Å². The third-order valence-electron chi connectivity index (χ3n) is 2.44. The molecule has 0 radical (unpaired) electrons. The van der Waals surface area contributed by atoms with E-state index < -0.39 is 0 Å². The van der Waals surface area contributed by atoms with Crippen molar-refractivity contribution in [2.45, 2.75) is 17.3 Å². The number of rotatable bonds is 6. The summed E-state index contributed by atoms with van der Waals surface area (Å²) < 4.78 is 2.14. The molecule has 18 heavy (non-hydrogen) atoms. The molecule has 2 aromatic rings. The predicted molar refractivity (Wildman–Crippen MR) is 77.0 cm³/mol. The highest BCUT2D eigenvalue weighted by Gasteiger charge is 2.15. The van der Waals surface area contributed by atoms with Crippen LogP contribution in [0.1, 0.15) is 6.92 Å². The lowest BCUT2D eigenvalue weighted by atomic mass is 10.3. The van der Waals surface area contributed by atoms with Crippen molar-refractivity contribution in [3.8, 4) is 0 Å². The van der Waals surface area contributed by atoms with Gasteiger partial charge in [-0.3, -0.25) is 4.79 Å². The van der Waals surface area contributed by atoms with Gasteiger partial charge < -0.3 is 11.1 Å². The van der Waals surface area contributed by atoms with Gasteiger partial charge in [0.15, 0.2) is 4.34 Å². The molecule has 6 heteroatoms. The van der Waals surface area contributed by atoms with Crippen LogP contribution in [0.2, 0.25) is 0 Å². The number of benzene rings is 1. The van der Waals surface area contributed by atoms with E-state index in [1.165, 1.54) is 4.70 Å². The zero-order valence-electron chi connectivity index (χ0n) is 10.1. The molecule has 3 N–H and O–H groups in total. The first-order chi connectivity index (χ1) is 8.70. The Morgan fingerprint density at radius 3 is 3.00 bits per heavy atom. The van der Waals surface area contributed by atoms with Crippen LogP contribution in [0.25, 0.3) is 10.2 Å². The summed E-state index contributed by atoms with van der Waals surface area (Å²) in [6.07, 6.45) is 0. The van der Waals surface area contributed by atoms with Crippen molar-refractivity contribution in [1.82, 2.24) is 10.3 Å². The number of carbonyl (C=O) groups excluding carboxylic acids is 1. The lowest BCUT2D eigenvalue weighted by Crippen LogP contribution is -2.42. The molecule has 0 aliphatic heterocycles. The standard InChI is InChI=1S/C12H15N3OS2/c1-2-14-9(11(13)16)7-17-12-15-8-5-3-4-6-10(8)18-12/h3-6,9,14H,2,7H2,1H3,(H2,13,16). The summed E-state index contributed by atoms with van der Waals surface area (Å²) >= 11 is 3.21. The Morgan fingerprint density at radius 2 is 2.33 bits per heavy atom. The van der Waals surface area contributed by atoms with E-state index in [2.05, 4.69) is 10.3 Å². The van der Waals surface area contributed by atoms with Gasteiger partial charge in [0.05, 0.1) is 16.3 Å². The van der Waals surface area contributed by atoms with Gasteiger partial charge in [0.25, 0.3) is 0 Å². The van der Waals surface area contributed by atoms with E-state index in [4.69, 9.17) is 5.73 Å². The maximum Gasteiger partial charge on any atom is 0.235 e. The molecule has 1 amide bonds. The Labute approximate surface area is 114 Å². The van der Waals surface area contributed by atoms with Gasteiger partial charge in [-0.15, -0.1) is 11.3 Å². The van der Waals surface area contributed by atoms with E-state index in [1.807, 2.05) is 31.2 Å². The molecule has 4 nitrogen and oxygen atoms in total. The van der Waals surface area contributed by atoms with Gasteiger partial charge >= 0.3 is 0 Å². The fraction of sp³-hybridized carbons (Fsp3) is 0.333. The molecule has 0 spiro atoms. The van der Waals surface area contributed by atoms with Crippen molar-refractivity contribution in [2.24, 2.45) is 5.73 Å². The van der Waals surface area contributed by atoms with Gasteiger partial charge in [-0.1, -0.05) is 30.8 Å². The summed E-state index contributed by atoms with van der Waals surface area (Å²) in [7, 11) is 0. The third-order valence-corrected chi connectivity index (χ3v) is 4.71. The van der Waals surface area contributed by atoms with Crippen molar-refractivity contribution in [2.75, 3.05) is 12.3 Å². The molecule has 2 rings (SSSR count). The monoisotopic (exact) mass is 281 g/mol. The second-order valence-corrected chi connectivity index (χ2v) is 6.07. The smallest absolute Gasteiger partial charge is 0.235 e. The van der Waals surface area contributed by atoms with E-state index in [0.717, 1.165) is 16.4 Å². The summed E-state index contributed by atoms with van der Waals surface area (Å²) in [5.74, 6) is 0.300. The average Bonchev–Trinajstić information content (AvgIpc) is 2.76. The Morgan fingerprint density at radius 1 is 1.56 bits per heavy atom. The number of amides is 1. The van der Waals surface area contributed by atoms with E-state index in [-0.39, 0.29) is 11.9 Å². The number of primary amides is 1. The molecule has 1 atom stereocenters. The molecule has 1 aromatic carbocycles. The number of nitrogens with two attached hydrogens (primary N) is 1. The number of aromatic nitrogens is 1. The van der Waals surface area contributed by atoms with Crippen molar-refractivity contribution in [1.29, 1.82) is 0 Å². The predicted octanol–water partition coefficient (Wildman–Crippen LogP) is 1.85. The molecule has 0 saturated heterocycles. The van der Waals surface area contributed by atoms with Crippen LogP contribution in [-0.4, -0.2) is 29.2 Å². The number of likely N-dealkylation sites (N-methyl/N-ethyl adjacent to an activating group) is 1. The minimum absolute atomic E-state index is 0.299. The zero-order chi connectivity index (χ0) is 13.0. The zero-order valence-corrected chi connectivity index (χ0v) is 11.7. The Kier molecular flexibility index (Phi) is 4.57. The lowest BCUT2D eigenvalue weighted by Gasteiger charge is -2.12. The molecule has 0 aliphatic rings. The van der Waals surface area contributed by atoms with Crippen molar-refractivity contribution >= 4 is 39.2 Å². The van der Waals surface area contributed by atoms with Crippen molar-refractivity contribution in [3.63, 3.8) is 0 Å². The maximum atomic E-state index is 11.2. The SMILES string of the molecule is CCNC(CSc1nc2ccccc2s1)C(N)=O. The Balaban J connectivity index is 2.02. The number of nitrogens with one attached hydrogen (secondary N) is 1. The first-order valence-electron chi connectivity index (χ1n) is 5.71. The molecule has 0 bridgehead atoms. The van der Waals surface area contributed by atoms with E-state index in [0.29, 0.717) is 5.75 Å². The van der Waals surface area contributed by atoms with Gasteiger partial charge in [-0.2, -0.15) is 0 Å². The number of thioether (sulfide) groups is 1.